The minimum atomic E-state index is -4.13. The van der Waals surface area contributed by atoms with Crippen LogP contribution < -0.4 is 10.1 Å². The lowest BCUT2D eigenvalue weighted by molar-refractivity contribution is -0.142. The van der Waals surface area contributed by atoms with Gasteiger partial charge in [-0.25, -0.2) is 17.6 Å². The van der Waals surface area contributed by atoms with Crippen LogP contribution >= 0.6 is 0 Å². The van der Waals surface area contributed by atoms with Gasteiger partial charge in [0.25, 0.3) is 0 Å². The molecule has 8 nitrogen and oxygen atoms in total. The average Bonchev–Trinajstić information content (AvgIpc) is 2.79. The van der Waals surface area contributed by atoms with E-state index in [1.807, 2.05) is 0 Å². The van der Waals surface area contributed by atoms with E-state index in [4.69, 9.17) is 4.74 Å². The van der Waals surface area contributed by atoms with Gasteiger partial charge in [-0.2, -0.15) is 4.31 Å². The summed E-state index contributed by atoms with van der Waals surface area (Å²) in [6.45, 7) is 0.0904. The summed E-state index contributed by atoms with van der Waals surface area (Å²) in [6.07, 6.45) is 1.43. The van der Waals surface area contributed by atoms with Crippen molar-refractivity contribution >= 4 is 21.9 Å². The third kappa shape index (κ3) is 5.43. The van der Waals surface area contributed by atoms with Crippen molar-refractivity contribution in [2.24, 2.45) is 0 Å². The van der Waals surface area contributed by atoms with Crippen LogP contribution in [0.5, 0.6) is 5.75 Å². The Labute approximate surface area is 186 Å². The van der Waals surface area contributed by atoms with E-state index in [0.29, 0.717) is 24.2 Å². The van der Waals surface area contributed by atoms with Crippen molar-refractivity contribution in [2.75, 3.05) is 13.7 Å². The van der Waals surface area contributed by atoms with Gasteiger partial charge >= 0.3 is 5.97 Å². The number of piperidine rings is 1. The quantitative estimate of drug-likeness (QED) is 0.619. The molecule has 1 aliphatic rings. The second-order valence-electron chi connectivity index (χ2n) is 7.54. The molecule has 1 heterocycles. The number of halogens is 1. The van der Waals surface area contributed by atoms with Crippen molar-refractivity contribution in [3.8, 4) is 5.75 Å². The fourth-order valence-corrected chi connectivity index (χ4v) is 5.37. The number of nitrogens with zero attached hydrogens (tertiary/aromatic N) is 1. The molecule has 32 heavy (non-hydrogen) atoms. The van der Waals surface area contributed by atoms with Crippen LogP contribution in [0, 0.1) is 5.82 Å². The number of hydrogen-bond donors (Lipinski definition) is 2. The zero-order valence-corrected chi connectivity index (χ0v) is 18.3. The molecule has 0 aliphatic carbocycles. The summed E-state index contributed by atoms with van der Waals surface area (Å²) < 4.78 is 45.9. The lowest BCUT2D eigenvalue weighted by Crippen LogP contribution is -2.55. The molecule has 2 aromatic carbocycles. The lowest BCUT2D eigenvalue weighted by Gasteiger charge is -2.34. The Balaban J connectivity index is 1.78. The average molecular weight is 465 g/mol. The summed E-state index contributed by atoms with van der Waals surface area (Å²) in [5.41, 5.74) is 0.673. The van der Waals surface area contributed by atoms with Gasteiger partial charge in [-0.3, -0.25) is 4.79 Å². The maximum Gasteiger partial charge on any atom is 0.326 e. The molecular formula is C22H25FN2O6S. The summed E-state index contributed by atoms with van der Waals surface area (Å²) in [4.78, 5) is 24.5. The first-order valence-electron chi connectivity index (χ1n) is 10.2. The van der Waals surface area contributed by atoms with E-state index < -0.39 is 39.8 Å². The zero-order chi connectivity index (χ0) is 23.3. The van der Waals surface area contributed by atoms with Gasteiger partial charge in [0.2, 0.25) is 15.9 Å². The van der Waals surface area contributed by atoms with Crippen LogP contribution in [0.4, 0.5) is 4.39 Å². The van der Waals surface area contributed by atoms with Crippen LogP contribution in [0.3, 0.4) is 0 Å². The number of carboxylic acids is 1. The minimum Gasteiger partial charge on any atom is -0.497 e. The number of nitrogens with one attached hydrogen (secondary N) is 1. The fourth-order valence-electron chi connectivity index (χ4n) is 3.68. The predicted molar refractivity (Wildman–Crippen MR) is 114 cm³/mol. The number of carbonyl (C=O) groups is 2. The van der Waals surface area contributed by atoms with E-state index >= 15 is 0 Å². The van der Waals surface area contributed by atoms with Gasteiger partial charge in [0.05, 0.1) is 12.0 Å². The largest absolute Gasteiger partial charge is 0.497 e. The van der Waals surface area contributed by atoms with E-state index in [1.165, 1.54) is 19.2 Å². The van der Waals surface area contributed by atoms with Crippen molar-refractivity contribution in [1.29, 1.82) is 0 Å². The molecule has 0 radical (unpaired) electrons. The van der Waals surface area contributed by atoms with E-state index in [1.54, 1.807) is 24.3 Å². The number of benzene rings is 2. The molecule has 2 unspecified atom stereocenters. The standard InChI is InChI=1S/C22H25FN2O6S/c1-31-17-10-8-15(9-11-17)13-19(22(27)28)24-21(26)20-7-2-3-12-25(20)32(29,30)18-6-4-5-16(23)14-18/h4-6,8-11,14,19-20H,2-3,7,12-13H2,1H3,(H,24,26)(H,27,28). The third-order valence-corrected chi connectivity index (χ3v) is 7.28. The van der Waals surface area contributed by atoms with E-state index in [9.17, 15) is 27.5 Å². The number of ether oxygens (including phenoxy) is 1. The molecule has 0 saturated carbocycles. The van der Waals surface area contributed by atoms with Gasteiger partial charge in [0.15, 0.2) is 0 Å². The fraction of sp³-hybridized carbons (Fsp3) is 0.364. The van der Waals surface area contributed by atoms with Gasteiger partial charge in [-0.15, -0.1) is 0 Å². The molecule has 0 spiro atoms. The van der Waals surface area contributed by atoms with Crippen LogP contribution in [0.1, 0.15) is 24.8 Å². The highest BCUT2D eigenvalue weighted by Gasteiger charge is 2.39. The van der Waals surface area contributed by atoms with E-state index in [0.717, 1.165) is 16.4 Å². The van der Waals surface area contributed by atoms with Crippen LogP contribution in [0.25, 0.3) is 0 Å². The number of methoxy groups -OCH3 is 1. The molecular weight excluding hydrogens is 439 g/mol. The number of hydrogen-bond acceptors (Lipinski definition) is 5. The molecule has 1 saturated heterocycles. The molecule has 2 aromatic rings. The van der Waals surface area contributed by atoms with Gasteiger partial charge in [0, 0.05) is 13.0 Å². The minimum absolute atomic E-state index is 0.0223. The normalized spacial score (nSPS) is 18.0. The molecule has 1 aliphatic heterocycles. The lowest BCUT2D eigenvalue weighted by atomic mass is 10.0. The summed E-state index contributed by atoms with van der Waals surface area (Å²) in [7, 11) is -2.61. The monoisotopic (exact) mass is 464 g/mol. The van der Waals surface area contributed by atoms with Crippen LogP contribution in [0.15, 0.2) is 53.4 Å². The first-order chi connectivity index (χ1) is 15.2. The van der Waals surface area contributed by atoms with Crippen molar-refractivity contribution in [3.63, 3.8) is 0 Å². The van der Waals surface area contributed by atoms with Crippen LogP contribution in [0.2, 0.25) is 0 Å². The smallest absolute Gasteiger partial charge is 0.326 e. The summed E-state index contributed by atoms with van der Waals surface area (Å²) in [5, 5.41) is 12.1. The number of carboxylic acid groups (broad SMARTS) is 1. The number of aliphatic carboxylic acids is 1. The Morgan fingerprint density at radius 3 is 2.56 bits per heavy atom. The van der Waals surface area contributed by atoms with Gasteiger partial charge < -0.3 is 15.2 Å². The van der Waals surface area contributed by atoms with Crippen LogP contribution in [-0.4, -0.2) is 55.4 Å². The Kier molecular flexibility index (Phi) is 7.47. The first-order valence-corrected chi connectivity index (χ1v) is 11.6. The van der Waals surface area contributed by atoms with E-state index in [2.05, 4.69) is 5.32 Å². The SMILES string of the molecule is COc1ccc(CC(NC(=O)C2CCCCN2S(=O)(=O)c2cccc(F)c2)C(=O)O)cc1. The number of rotatable bonds is 8. The number of sulfonamides is 1. The van der Waals surface area contributed by atoms with Crippen molar-refractivity contribution < 1.29 is 32.2 Å². The van der Waals surface area contributed by atoms with Crippen molar-refractivity contribution in [2.45, 2.75) is 42.7 Å². The Hall–Kier alpha value is -2.98. The maximum absolute atomic E-state index is 13.6. The highest BCUT2D eigenvalue weighted by molar-refractivity contribution is 7.89. The Morgan fingerprint density at radius 2 is 1.94 bits per heavy atom. The molecule has 3 rings (SSSR count). The molecule has 2 N–H and O–H groups in total. The van der Waals surface area contributed by atoms with Gasteiger partial charge in [-0.1, -0.05) is 24.6 Å². The highest BCUT2D eigenvalue weighted by atomic mass is 32.2. The first kappa shape index (κ1) is 23.7. The van der Waals surface area contributed by atoms with Crippen LogP contribution in [-0.2, 0) is 26.0 Å². The van der Waals surface area contributed by atoms with Gasteiger partial charge in [0.1, 0.15) is 23.7 Å². The zero-order valence-electron chi connectivity index (χ0n) is 17.5. The second-order valence-corrected chi connectivity index (χ2v) is 9.43. The predicted octanol–water partition coefficient (Wildman–Crippen LogP) is 2.19. The van der Waals surface area contributed by atoms with Crippen molar-refractivity contribution in [1.82, 2.24) is 9.62 Å². The van der Waals surface area contributed by atoms with Crippen molar-refractivity contribution in [3.05, 3.63) is 59.9 Å². The molecule has 10 heteroatoms. The molecule has 172 valence electrons. The van der Waals surface area contributed by atoms with Gasteiger partial charge in [-0.05, 0) is 48.7 Å². The highest BCUT2D eigenvalue weighted by Crippen LogP contribution is 2.26. The molecule has 1 amide bonds. The number of amides is 1. The molecule has 0 aromatic heterocycles. The molecule has 0 bridgehead atoms. The third-order valence-electron chi connectivity index (χ3n) is 5.37. The molecule has 2 atom stereocenters. The maximum atomic E-state index is 13.6. The molecule has 1 fully saturated rings. The topological polar surface area (TPSA) is 113 Å². The Bertz CT molecular complexity index is 1070. The Morgan fingerprint density at radius 1 is 1.22 bits per heavy atom. The van der Waals surface area contributed by atoms with E-state index in [-0.39, 0.29) is 24.3 Å². The summed E-state index contributed by atoms with van der Waals surface area (Å²) >= 11 is 0. The number of carbonyl (C=O) groups excluding carboxylic acids is 1. The summed E-state index contributed by atoms with van der Waals surface area (Å²) in [6, 6.07) is 9.05. The second kappa shape index (κ2) is 10.1. The summed E-state index contributed by atoms with van der Waals surface area (Å²) in [5.74, 6) is -2.00.